The molecule has 1 fully saturated rings. The Morgan fingerprint density at radius 3 is 2.94 bits per heavy atom. The molecule has 1 saturated heterocycles. The molecular weight excluding hydrogens is 230 g/mol. The molecule has 2 heterocycles. The number of Topliss-reactive ketones (excluding diaryl/α,β-unsaturated/α-hetero) is 1. The van der Waals surface area contributed by atoms with E-state index >= 15 is 0 Å². The SMILES string of the molecule is CC1C(=O)CCN(C(C)Cc2ccsc2)C1C. The molecule has 0 bridgehead atoms. The fraction of sp³-hybridized carbons (Fsp3) is 0.643. The molecule has 3 atom stereocenters. The van der Waals surface area contributed by atoms with Crippen molar-refractivity contribution in [2.45, 2.75) is 45.7 Å². The van der Waals surface area contributed by atoms with E-state index in [9.17, 15) is 4.79 Å². The number of ketones is 1. The van der Waals surface area contributed by atoms with Crippen molar-refractivity contribution in [1.82, 2.24) is 4.90 Å². The highest BCUT2D eigenvalue weighted by atomic mass is 32.1. The molecule has 0 aliphatic carbocycles. The summed E-state index contributed by atoms with van der Waals surface area (Å²) < 4.78 is 0. The summed E-state index contributed by atoms with van der Waals surface area (Å²) in [6.45, 7) is 7.45. The standard InChI is InChI=1S/C14H21NOS/c1-10(8-13-5-7-17-9-13)15-6-4-14(16)11(2)12(15)3/h5,7,9-12H,4,6,8H2,1-3H3. The Hall–Kier alpha value is -0.670. The highest BCUT2D eigenvalue weighted by Crippen LogP contribution is 2.24. The highest BCUT2D eigenvalue weighted by molar-refractivity contribution is 7.07. The van der Waals surface area contributed by atoms with Crippen LogP contribution in [0.15, 0.2) is 16.8 Å². The van der Waals surface area contributed by atoms with Crippen molar-refractivity contribution in [2.24, 2.45) is 5.92 Å². The largest absolute Gasteiger partial charge is 0.299 e. The molecule has 17 heavy (non-hydrogen) atoms. The molecule has 0 spiro atoms. The van der Waals surface area contributed by atoms with E-state index in [1.54, 1.807) is 11.3 Å². The van der Waals surface area contributed by atoms with E-state index in [1.807, 2.05) is 0 Å². The second-order valence-corrected chi connectivity index (χ2v) is 5.95. The van der Waals surface area contributed by atoms with Gasteiger partial charge in [0.25, 0.3) is 0 Å². The molecule has 94 valence electrons. The average Bonchev–Trinajstić information content (AvgIpc) is 2.78. The Labute approximate surface area is 108 Å². The van der Waals surface area contributed by atoms with Crippen molar-refractivity contribution in [2.75, 3.05) is 6.54 Å². The van der Waals surface area contributed by atoms with Crippen LogP contribution in [-0.4, -0.2) is 29.3 Å². The maximum atomic E-state index is 11.7. The van der Waals surface area contributed by atoms with Gasteiger partial charge >= 0.3 is 0 Å². The molecule has 0 N–H and O–H groups in total. The second kappa shape index (κ2) is 5.32. The third-order valence-corrected chi connectivity index (χ3v) is 4.78. The fourth-order valence-electron chi connectivity index (χ4n) is 2.72. The first kappa shape index (κ1) is 12.8. The fourth-order valence-corrected chi connectivity index (χ4v) is 3.40. The molecule has 0 radical (unpaired) electrons. The van der Waals surface area contributed by atoms with E-state index in [0.717, 1.165) is 19.4 Å². The lowest BCUT2D eigenvalue weighted by atomic mass is 9.89. The number of likely N-dealkylation sites (tertiary alicyclic amines) is 1. The molecule has 1 aliphatic heterocycles. The topological polar surface area (TPSA) is 20.3 Å². The molecule has 3 unspecified atom stereocenters. The lowest BCUT2D eigenvalue weighted by Gasteiger charge is -2.40. The summed E-state index contributed by atoms with van der Waals surface area (Å²) in [5.74, 6) is 0.616. The maximum absolute atomic E-state index is 11.7. The normalized spacial score (nSPS) is 28.3. The lowest BCUT2D eigenvalue weighted by Crippen LogP contribution is -2.51. The van der Waals surface area contributed by atoms with Crippen molar-refractivity contribution < 1.29 is 4.79 Å². The first-order valence-corrected chi connectivity index (χ1v) is 7.33. The van der Waals surface area contributed by atoms with Crippen LogP contribution in [0.25, 0.3) is 0 Å². The number of carbonyl (C=O) groups excluding carboxylic acids is 1. The third kappa shape index (κ3) is 2.78. The van der Waals surface area contributed by atoms with E-state index in [0.29, 0.717) is 17.9 Å². The van der Waals surface area contributed by atoms with Crippen molar-refractivity contribution in [3.63, 3.8) is 0 Å². The summed E-state index contributed by atoms with van der Waals surface area (Å²) in [5.41, 5.74) is 1.42. The van der Waals surface area contributed by atoms with Gasteiger partial charge in [0.15, 0.2) is 0 Å². The van der Waals surface area contributed by atoms with Crippen LogP contribution in [0.3, 0.4) is 0 Å². The van der Waals surface area contributed by atoms with Gasteiger partial charge in [0.2, 0.25) is 0 Å². The molecule has 3 heteroatoms. The van der Waals surface area contributed by atoms with Crippen LogP contribution in [0, 0.1) is 5.92 Å². The predicted molar refractivity (Wildman–Crippen MR) is 72.4 cm³/mol. The summed E-state index contributed by atoms with van der Waals surface area (Å²) in [7, 11) is 0. The summed E-state index contributed by atoms with van der Waals surface area (Å²) in [6.07, 6.45) is 1.81. The van der Waals surface area contributed by atoms with E-state index < -0.39 is 0 Å². The molecule has 1 aromatic heterocycles. The first-order chi connectivity index (χ1) is 8.09. The van der Waals surface area contributed by atoms with E-state index in [-0.39, 0.29) is 5.92 Å². The van der Waals surface area contributed by atoms with Gasteiger partial charge < -0.3 is 0 Å². The van der Waals surface area contributed by atoms with Crippen LogP contribution in [0.1, 0.15) is 32.8 Å². The molecule has 2 nitrogen and oxygen atoms in total. The molecule has 0 amide bonds. The zero-order chi connectivity index (χ0) is 12.4. The van der Waals surface area contributed by atoms with Crippen LogP contribution in [-0.2, 0) is 11.2 Å². The summed E-state index contributed by atoms with van der Waals surface area (Å²) >= 11 is 1.76. The van der Waals surface area contributed by atoms with Gasteiger partial charge in [-0.05, 0) is 42.7 Å². The van der Waals surface area contributed by atoms with Gasteiger partial charge in [-0.15, -0.1) is 0 Å². The second-order valence-electron chi connectivity index (χ2n) is 5.17. The van der Waals surface area contributed by atoms with Gasteiger partial charge in [-0.1, -0.05) is 6.92 Å². The van der Waals surface area contributed by atoms with Crippen LogP contribution in [0.2, 0.25) is 0 Å². The van der Waals surface area contributed by atoms with E-state index in [4.69, 9.17) is 0 Å². The zero-order valence-electron chi connectivity index (χ0n) is 10.8. The molecule has 1 aliphatic rings. The maximum Gasteiger partial charge on any atom is 0.138 e. The lowest BCUT2D eigenvalue weighted by molar-refractivity contribution is -0.128. The minimum atomic E-state index is 0.189. The third-order valence-electron chi connectivity index (χ3n) is 4.05. The van der Waals surface area contributed by atoms with Gasteiger partial charge in [-0.25, -0.2) is 0 Å². The minimum absolute atomic E-state index is 0.189. The summed E-state index contributed by atoms with van der Waals surface area (Å²) in [4.78, 5) is 14.2. The van der Waals surface area contributed by atoms with Gasteiger partial charge in [0.1, 0.15) is 5.78 Å². The Balaban J connectivity index is 1.99. The van der Waals surface area contributed by atoms with Crippen molar-refractivity contribution >= 4 is 17.1 Å². The van der Waals surface area contributed by atoms with Crippen molar-refractivity contribution in [3.8, 4) is 0 Å². The monoisotopic (exact) mass is 251 g/mol. The Morgan fingerprint density at radius 1 is 1.53 bits per heavy atom. The van der Waals surface area contributed by atoms with Crippen LogP contribution in [0.5, 0.6) is 0 Å². The van der Waals surface area contributed by atoms with Crippen LogP contribution >= 0.6 is 11.3 Å². The quantitative estimate of drug-likeness (QED) is 0.823. The van der Waals surface area contributed by atoms with Gasteiger partial charge in [-0.3, -0.25) is 9.69 Å². The van der Waals surface area contributed by atoms with Crippen LogP contribution in [0.4, 0.5) is 0 Å². The van der Waals surface area contributed by atoms with Gasteiger partial charge in [-0.2, -0.15) is 11.3 Å². The van der Waals surface area contributed by atoms with E-state index in [2.05, 4.69) is 42.5 Å². The predicted octanol–water partition coefficient (Wildman–Crippen LogP) is 2.98. The Kier molecular flexibility index (Phi) is 4.00. The molecule has 0 aromatic carbocycles. The average molecular weight is 251 g/mol. The number of hydrogen-bond donors (Lipinski definition) is 0. The number of nitrogens with zero attached hydrogens (tertiary/aromatic N) is 1. The van der Waals surface area contributed by atoms with Crippen LogP contribution < -0.4 is 0 Å². The minimum Gasteiger partial charge on any atom is -0.299 e. The molecule has 2 rings (SSSR count). The van der Waals surface area contributed by atoms with E-state index in [1.165, 1.54) is 5.56 Å². The number of carbonyl (C=O) groups is 1. The molecule has 0 saturated carbocycles. The van der Waals surface area contributed by atoms with Crippen molar-refractivity contribution in [1.29, 1.82) is 0 Å². The first-order valence-electron chi connectivity index (χ1n) is 6.39. The number of rotatable bonds is 3. The smallest absolute Gasteiger partial charge is 0.138 e. The number of piperidine rings is 1. The number of hydrogen-bond acceptors (Lipinski definition) is 3. The summed E-state index contributed by atoms with van der Waals surface area (Å²) in [6, 6.07) is 3.10. The van der Waals surface area contributed by atoms with Crippen molar-refractivity contribution in [3.05, 3.63) is 22.4 Å². The Bertz CT molecular complexity index is 374. The molecular formula is C14H21NOS. The zero-order valence-corrected chi connectivity index (χ0v) is 11.7. The Morgan fingerprint density at radius 2 is 2.29 bits per heavy atom. The highest BCUT2D eigenvalue weighted by Gasteiger charge is 2.33. The summed E-state index contributed by atoms with van der Waals surface area (Å²) in [5, 5.41) is 4.35. The van der Waals surface area contributed by atoms with Gasteiger partial charge in [0, 0.05) is 31.0 Å². The molecule has 1 aromatic rings. The number of thiophene rings is 1. The van der Waals surface area contributed by atoms with Gasteiger partial charge in [0.05, 0.1) is 0 Å².